The molecule has 6 heteroatoms. The Hall–Kier alpha value is -0.690. The lowest BCUT2D eigenvalue weighted by Gasteiger charge is -2.62. The van der Waals surface area contributed by atoms with Crippen LogP contribution in [0.4, 0.5) is 0 Å². The minimum Gasteiger partial charge on any atom is -0.399 e. The highest BCUT2D eigenvalue weighted by molar-refractivity contribution is 5.88. The van der Waals surface area contributed by atoms with Gasteiger partial charge in [0.15, 0.2) is 0 Å². The maximum absolute atomic E-state index is 6.59. The molecule has 0 aromatic carbocycles. The van der Waals surface area contributed by atoms with E-state index in [1.807, 2.05) is 0 Å². The largest absolute Gasteiger partial charge is 0.399 e. The molecule has 6 aliphatic rings. The number of oxime groups is 1. The van der Waals surface area contributed by atoms with E-state index in [1.165, 1.54) is 44.2 Å². The highest BCUT2D eigenvalue weighted by Gasteiger charge is 2.78. The normalized spacial score (nSPS) is 56.3. The predicted molar refractivity (Wildman–Crippen MR) is 111 cm³/mol. The summed E-state index contributed by atoms with van der Waals surface area (Å²) in [5.74, 6) is 0.400. The van der Waals surface area contributed by atoms with Crippen LogP contribution in [-0.4, -0.2) is 50.8 Å². The van der Waals surface area contributed by atoms with Crippen molar-refractivity contribution in [2.75, 3.05) is 33.5 Å². The van der Waals surface area contributed by atoms with Crippen LogP contribution in [0.25, 0.3) is 0 Å². The van der Waals surface area contributed by atoms with Crippen molar-refractivity contribution in [2.45, 2.75) is 76.8 Å². The van der Waals surface area contributed by atoms with Gasteiger partial charge in [0.2, 0.25) is 11.6 Å². The Labute approximate surface area is 180 Å². The van der Waals surface area contributed by atoms with Gasteiger partial charge in [-0.15, -0.1) is 0 Å². The quantitative estimate of drug-likeness (QED) is 0.598. The van der Waals surface area contributed by atoms with Crippen LogP contribution in [0.2, 0.25) is 0 Å². The van der Waals surface area contributed by atoms with Crippen LogP contribution < -0.4 is 0 Å². The molecule has 0 spiro atoms. The van der Waals surface area contributed by atoms with E-state index in [2.05, 4.69) is 19.0 Å². The van der Waals surface area contributed by atoms with Gasteiger partial charge >= 0.3 is 0 Å². The summed E-state index contributed by atoms with van der Waals surface area (Å²) in [6.07, 6.45) is 9.50. The van der Waals surface area contributed by atoms with Crippen molar-refractivity contribution < 1.29 is 23.8 Å². The summed E-state index contributed by atoms with van der Waals surface area (Å²) in [5.41, 5.74) is 1.64. The monoisotopic (exact) mass is 419 g/mol. The number of fused-ring (bicyclic) bond motifs is 5. The third kappa shape index (κ3) is 2.37. The first-order valence-electron chi connectivity index (χ1n) is 12.1. The van der Waals surface area contributed by atoms with E-state index in [-0.39, 0.29) is 16.7 Å². The Balaban J connectivity index is 1.47. The van der Waals surface area contributed by atoms with Crippen LogP contribution in [0, 0.1) is 34.5 Å². The molecule has 6 fully saturated rings. The third-order valence-corrected chi connectivity index (χ3v) is 9.93. The first-order chi connectivity index (χ1) is 14.5. The van der Waals surface area contributed by atoms with Crippen molar-refractivity contribution in [3.63, 3.8) is 0 Å². The first kappa shape index (κ1) is 20.0. The van der Waals surface area contributed by atoms with Crippen molar-refractivity contribution in [2.24, 2.45) is 39.7 Å². The van der Waals surface area contributed by atoms with E-state index in [4.69, 9.17) is 23.8 Å². The van der Waals surface area contributed by atoms with Crippen LogP contribution in [-0.2, 0) is 23.8 Å². The van der Waals surface area contributed by atoms with E-state index in [0.717, 1.165) is 12.8 Å². The number of hydrogen-bond acceptors (Lipinski definition) is 6. The van der Waals surface area contributed by atoms with Crippen LogP contribution in [0.3, 0.4) is 0 Å². The van der Waals surface area contributed by atoms with Crippen molar-refractivity contribution in [1.82, 2.24) is 0 Å². The Bertz CT molecular complexity index is 727. The minimum absolute atomic E-state index is 0.0892. The van der Waals surface area contributed by atoms with E-state index in [1.54, 1.807) is 7.11 Å². The molecular formula is C24H37NO5. The topological polar surface area (TPSA) is 58.5 Å². The summed E-state index contributed by atoms with van der Waals surface area (Å²) >= 11 is 0. The molecule has 0 amide bonds. The molecule has 6 atom stereocenters. The molecule has 30 heavy (non-hydrogen) atoms. The highest BCUT2D eigenvalue weighted by Crippen LogP contribution is 2.72. The van der Waals surface area contributed by atoms with E-state index >= 15 is 0 Å². The van der Waals surface area contributed by atoms with E-state index < -0.39 is 11.6 Å². The molecule has 0 N–H and O–H groups in total. The van der Waals surface area contributed by atoms with Gasteiger partial charge in [-0.1, -0.05) is 31.8 Å². The summed E-state index contributed by atoms with van der Waals surface area (Å²) in [6.45, 7) is 7.29. The number of rotatable bonds is 1. The Morgan fingerprint density at radius 1 is 0.933 bits per heavy atom. The standard InChI is InChI=1S/C24H37NO5/c1-21-9-7-17-16(14-19(25-26-3)18-6-4-5-8-22(17,18)2)20(21)24-23(15-21,27-10-12-29-24)28-11-13-30-24/h16-18,20H,4-15H2,1-3H3/t16-,17+,18-,20+,21-,22-,23?,24?/m1/s1. The van der Waals surface area contributed by atoms with Gasteiger partial charge in [-0.2, -0.15) is 0 Å². The Morgan fingerprint density at radius 3 is 2.40 bits per heavy atom. The first-order valence-corrected chi connectivity index (χ1v) is 12.1. The molecule has 6 rings (SSSR count). The molecule has 0 aromatic heterocycles. The summed E-state index contributed by atoms with van der Waals surface area (Å²) in [5, 5.41) is 4.62. The minimum atomic E-state index is -0.780. The van der Waals surface area contributed by atoms with Gasteiger partial charge < -0.3 is 23.8 Å². The SMILES string of the molecule is CON=C1C[C@H]2[C@@H]3C45OCCOC4(C[C@@]3(C)CC[C@@H]2[C@@]2(C)CCCC[C@H]12)OCCO5. The van der Waals surface area contributed by atoms with Gasteiger partial charge in [0.25, 0.3) is 0 Å². The number of nitrogens with zero attached hydrogens (tertiary/aromatic N) is 1. The molecule has 2 saturated heterocycles. The fraction of sp³-hybridized carbons (Fsp3) is 0.958. The molecule has 4 saturated carbocycles. The lowest BCUT2D eigenvalue weighted by molar-refractivity contribution is -0.465. The second kappa shape index (κ2) is 6.66. The number of ether oxygens (including phenoxy) is 4. The van der Waals surface area contributed by atoms with Crippen molar-refractivity contribution in [3.05, 3.63) is 0 Å². The maximum Gasteiger partial charge on any atom is 0.227 e. The molecule has 4 aliphatic carbocycles. The van der Waals surface area contributed by atoms with Crippen molar-refractivity contribution in [3.8, 4) is 0 Å². The molecule has 2 aliphatic heterocycles. The number of hydrogen-bond donors (Lipinski definition) is 0. The fourth-order valence-electron chi connectivity index (χ4n) is 9.05. The van der Waals surface area contributed by atoms with E-state index in [9.17, 15) is 0 Å². The lowest BCUT2D eigenvalue weighted by Crippen LogP contribution is -2.69. The molecule has 0 radical (unpaired) electrons. The zero-order valence-corrected chi connectivity index (χ0v) is 18.8. The summed E-state index contributed by atoms with van der Waals surface area (Å²) < 4.78 is 26.0. The second-order valence-electron chi connectivity index (χ2n) is 11.2. The smallest absolute Gasteiger partial charge is 0.227 e. The van der Waals surface area contributed by atoms with Crippen LogP contribution in [0.5, 0.6) is 0 Å². The molecular weight excluding hydrogens is 382 g/mol. The average molecular weight is 420 g/mol. The van der Waals surface area contributed by atoms with Gasteiger partial charge in [-0.05, 0) is 54.8 Å². The Morgan fingerprint density at radius 2 is 1.67 bits per heavy atom. The molecule has 6 nitrogen and oxygen atoms in total. The highest BCUT2D eigenvalue weighted by atomic mass is 16.8. The summed E-state index contributed by atoms with van der Waals surface area (Å²) in [4.78, 5) is 5.38. The molecule has 168 valence electrons. The average Bonchev–Trinajstić information content (AvgIpc) is 2.99. The lowest BCUT2D eigenvalue weighted by atomic mass is 9.44. The zero-order valence-electron chi connectivity index (χ0n) is 18.8. The van der Waals surface area contributed by atoms with Gasteiger partial charge in [0, 0.05) is 18.3 Å². The zero-order chi connectivity index (χ0) is 20.6. The molecule has 0 aromatic rings. The predicted octanol–water partition coefficient (Wildman–Crippen LogP) is 4.13. The molecule has 0 unspecified atom stereocenters. The van der Waals surface area contributed by atoms with E-state index in [0.29, 0.717) is 44.2 Å². The van der Waals surface area contributed by atoms with Crippen LogP contribution >= 0.6 is 0 Å². The summed E-state index contributed by atoms with van der Waals surface area (Å²) in [7, 11) is 1.69. The maximum atomic E-state index is 6.59. The van der Waals surface area contributed by atoms with Crippen molar-refractivity contribution >= 4 is 5.71 Å². The summed E-state index contributed by atoms with van der Waals surface area (Å²) in [6, 6.07) is 0. The van der Waals surface area contributed by atoms with Gasteiger partial charge in [-0.3, -0.25) is 0 Å². The van der Waals surface area contributed by atoms with Gasteiger partial charge in [0.05, 0.1) is 32.1 Å². The van der Waals surface area contributed by atoms with Crippen molar-refractivity contribution in [1.29, 1.82) is 0 Å². The third-order valence-electron chi connectivity index (χ3n) is 9.93. The van der Waals surface area contributed by atoms with Crippen LogP contribution in [0.15, 0.2) is 5.16 Å². The van der Waals surface area contributed by atoms with Gasteiger partial charge in [0.1, 0.15) is 7.11 Å². The van der Waals surface area contributed by atoms with Gasteiger partial charge in [-0.25, -0.2) is 0 Å². The van der Waals surface area contributed by atoms with Crippen LogP contribution in [0.1, 0.15) is 65.2 Å². The fourth-order valence-corrected chi connectivity index (χ4v) is 9.05. The molecule has 2 heterocycles. The second-order valence-corrected chi connectivity index (χ2v) is 11.2. The molecule has 0 bridgehead atoms. The Kier molecular flexibility index (Phi) is 4.43.